The normalized spacial score (nSPS) is 23.6. The number of carbonyl (C=O) groups excluding carboxylic acids is 2. The van der Waals surface area contributed by atoms with Crippen molar-refractivity contribution >= 4 is 17.9 Å². The van der Waals surface area contributed by atoms with Gasteiger partial charge in [-0.3, -0.25) is 14.7 Å². The molecular weight excluding hydrogens is 499 g/mol. The van der Waals surface area contributed by atoms with Gasteiger partial charge in [-0.2, -0.15) is 0 Å². The van der Waals surface area contributed by atoms with Gasteiger partial charge in [0.2, 0.25) is 24.0 Å². The van der Waals surface area contributed by atoms with Crippen LogP contribution in [0, 0.1) is 0 Å². The average molecular weight is 535 g/mol. The van der Waals surface area contributed by atoms with Gasteiger partial charge >= 0.3 is 0 Å². The van der Waals surface area contributed by atoms with Crippen molar-refractivity contribution in [1.29, 1.82) is 0 Å². The lowest BCUT2D eigenvalue weighted by molar-refractivity contribution is -0.265. The Kier molecular flexibility index (Phi) is 10.4. The van der Waals surface area contributed by atoms with Crippen LogP contribution in [0.25, 0.3) is 6.08 Å². The van der Waals surface area contributed by atoms with Gasteiger partial charge in [-0.05, 0) is 17.0 Å². The summed E-state index contributed by atoms with van der Waals surface area (Å²) >= 11 is 0. The first-order valence-corrected chi connectivity index (χ1v) is 12.4. The van der Waals surface area contributed by atoms with Crippen molar-refractivity contribution in [3.63, 3.8) is 0 Å². The summed E-state index contributed by atoms with van der Waals surface area (Å²) in [5, 5.41) is 39.4. The topological polar surface area (TPSA) is 180 Å². The van der Waals surface area contributed by atoms with Crippen molar-refractivity contribution in [2.24, 2.45) is 5.73 Å². The van der Waals surface area contributed by atoms with E-state index in [4.69, 9.17) is 15.2 Å². The number of benzene rings is 1. The number of aliphatic hydroxyl groups excluding tert-OH is 3. The molecule has 12 heteroatoms. The molecule has 5 atom stereocenters. The molecule has 1 aliphatic heterocycles. The van der Waals surface area contributed by atoms with E-state index in [1.165, 1.54) is 0 Å². The monoisotopic (exact) mass is 534 g/mol. The summed E-state index contributed by atoms with van der Waals surface area (Å²) in [6.07, 6.45) is -3.95. The zero-order valence-corrected chi connectivity index (χ0v) is 21.3. The second-order valence-electron chi connectivity index (χ2n) is 9.44. The first-order chi connectivity index (χ1) is 18.1. The molecule has 7 N–H and O–H groups in total. The Bertz CT molecular complexity index is 1100. The van der Waals surface area contributed by atoms with Gasteiger partial charge in [0.25, 0.3) is 0 Å². The largest absolute Gasteiger partial charge is 0.443 e. The summed E-state index contributed by atoms with van der Waals surface area (Å²) in [6, 6.07) is 7.62. The van der Waals surface area contributed by atoms with Gasteiger partial charge in [0.15, 0.2) is 6.17 Å². The van der Waals surface area contributed by atoms with Crippen molar-refractivity contribution in [2.75, 3.05) is 13.2 Å². The van der Waals surface area contributed by atoms with Crippen LogP contribution in [0.5, 0.6) is 5.88 Å². The van der Waals surface area contributed by atoms with Gasteiger partial charge in [-0.15, -0.1) is 5.10 Å². The number of alkyl halides is 1. The highest BCUT2D eigenvalue weighted by atomic mass is 19.1. The molecule has 0 bridgehead atoms. The van der Waals surface area contributed by atoms with Gasteiger partial charge in [0.05, 0.1) is 6.61 Å². The van der Waals surface area contributed by atoms with Gasteiger partial charge in [-0.25, -0.2) is 4.39 Å². The van der Waals surface area contributed by atoms with Gasteiger partial charge in [-0.1, -0.05) is 50.3 Å². The fourth-order valence-electron chi connectivity index (χ4n) is 4.01. The lowest BCUT2D eigenvalue weighted by Gasteiger charge is -2.38. The number of nitrogens with two attached hydrogens (primary N) is 1. The molecule has 208 valence electrons. The van der Waals surface area contributed by atoms with Crippen molar-refractivity contribution in [1.82, 2.24) is 15.5 Å². The van der Waals surface area contributed by atoms with Crippen LogP contribution in [0.1, 0.15) is 55.0 Å². The number of nitrogens with zero attached hydrogens (tertiary/aromatic N) is 1. The highest BCUT2D eigenvalue weighted by Crippen LogP contribution is 2.31. The number of aliphatic hydroxyl groups is 3. The van der Waals surface area contributed by atoms with Gasteiger partial charge in [0, 0.05) is 37.1 Å². The molecule has 0 aliphatic carbocycles. The van der Waals surface area contributed by atoms with Crippen LogP contribution in [-0.4, -0.2) is 81.3 Å². The summed E-state index contributed by atoms with van der Waals surface area (Å²) in [6.45, 7) is 3.48. The summed E-state index contributed by atoms with van der Waals surface area (Å²) in [5.74, 6) is -0.473. The third kappa shape index (κ3) is 7.60. The second kappa shape index (κ2) is 13.5. The second-order valence-corrected chi connectivity index (χ2v) is 9.44. The van der Waals surface area contributed by atoms with E-state index in [0.717, 1.165) is 16.8 Å². The third-order valence-corrected chi connectivity index (χ3v) is 6.13. The Morgan fingerprint density at radius 3 is 2.61 bits per heavy atom. The first kappa shape index (κ1) is 29.2. The van der Waals surface area contributed by atoms with E-state index >= 15 is 0 Å². The quantitative estimate of drug-likeness (QED) is 0.230. The number of halogens is 1. The molecule has 1 aromatic carbocycles. The summed E-state index contributed by atoms with van der Waals surface area (Å²) in [7, 11) is 0. The molecule has 0 radical (unpaired) electrons. The summed E-state index contributed by atoms with van der Waals surface area (Å²) in [4.78, 5) is 22.5. The number of amides is 2. The lowest BCUT2D eigenvalue weighted by atomic mass is 9.98. The van der Waals surface area contributed by atoms with Crippen molar-refractivity contribution in [2.45, 2.75) is 69.8 Å². The minimum atomic E-state index is -1.96. The zero-order chi connectivity index (χ0) is 27.8. The van der Waals surface area contributed by atoms with Crippen LogP contribution in [0.15, 0.2) is 30.3 Å². The summed E-state index contributed by atoms with van der Waals surface area (Å²) in [5.41, 5.74) is 8.38. The summed E-state index contributed by atoms with van der Waals surface area (Å²) < 4.78 is 25.2. The number of nitrogens with one attached hydrogen (secondary N) is 2. The SMILES string of the molecule is CC(C)c1[nH]nc(O[C@@H]2O[C@H](CO)[C@@H](F)[C@H](O)[C@H]2O)c1Cc1ccc(/C=C/CC(=O)NCCC(N)=O)cc1. The number of aromatic amines is 1. The average Bonchev–Trinajstić information content (AvgIpc) is 3.27. The lowest BCUT2D eigenvalue weighted by Crippen LogP contribution is -2.58. The predicted octanol–water partition coefficient (Wildman–Crippen LogP) is 0.675. The fourth-order valence-corrected chi connectivity index (χ4v) is 4.01. The molecule has 1 fully saturated rings. The van der Waals surface area contributed by atoms with E-state index in [0.29, 0.717) is 12.0 Å². The molecule has 2 heterocycles. The van der Waals surface area contributed by atoms with Crippen molar-refractivity contribution < 1.29 is 38.8 Å². The number of carbonyl (C=O) groups is 2. The molecule has 0 unspecified atom stereocenters. The van der Waals surface area contributed by atoms with E-state index in [2.05, 4.69) is 15.5 Å². The maximum absolute atomic E-state index is 14.1. The van der Waals surface area contributed by atoms with E-state index in [9.17, 15) is 29.3 Å². The van der Waals surface area contributed by atoms with E-state index < -0.39 is 43.3 Å². The zero-order valence-electron chi connectivity index (χ0n) is 21.3. The Labute approximate surface area is 219 Å². The van der Waals surface area contributed by atoms with Crippen LogP contribution in [-0.2, 0) is 20.7 Å². The molecule has 3 rings (SSSR count). The Morgan fingerprint density at radius 2 is 1.97 bits per heavy atom. The molecular formula is C26H35FN4O7. The molecule has 1 aromatic heterocycles. The number of rotatable bonds is 12. The Balaban J connectivity index is 1.67. The predicted molar refractivity (Wildman–Crippen MR) is 136 cm³/mol. The number of ether oxygens (including phenoxy) is 2. The molecule has 0 saturated carbocycles. The van der Waals surface area contributed by atoms with E-state index in [-0.39, 0.29) is 37.1 Å². The van der Waals surface area contributed by atoms with Crippen molar-refractivity contribution in [3.8, 4) is 5.88 Å². The molecule has 1 aliphatic rings. The third-order valence-electron chi connectivity index (χ3n) is 6.13. The van der Waals surface area contributed by atoms with E-state index in [1.807, 2.05) is 44.2 Å². The van der Waals surface area contributed by atoms with Crippen LogP contribution < -0.4 is 15.8 Å². The van der Waals surface area contributed by atoms with Crippen LogP contribution in [0.3, 0.4) is 0 Å². The van der Waals surface area contributed by atoms with Crippen molar-refractivity contribution in [3.05, 3.63) is 52.7 Å². The molecule has 1 saturated heterocycles. The first-order valence-electron chi connectivity index (χ1n) is 12.4. The Morgan fingerprint density at radius 1 is 1.26 bits per heavy atom. The number of H-pyrrole nitrogens is 1. The molecule has 2 aromatic rings. The maximum atomic E-state index is 14.1. The minimum Gasteiger partial charge on any atom is -0.443 e. The number of aromatic nitrogens is 2. The number of primary amides is 1. The minimum absolute atomic E-state index is 0.0642. The van der Waals surface area contributed by atoms with Gasteiger partial charge < -0.3 is 35.8 Å². The molecule has 38 heavy (non-hydrogen) atoms. The Hall–Kier alpha value is -3.32. The smallest absolute Gasteiger partial charge is 0.238 e. The van der Waals surface area contributed by atoms with Crippen LogP contribution >= 0.6 is 0 Å². The number of hydrogen-bond acceptors (Lipinski definition) is 8. The van der Waals surface area contributed by atoms with E-state index in [1.54, 1.807) is 6.08 Å². The van der Waals surface area contributed by atoms with Gasteiger partial charge in [0.1, 0.15) is 18.3 Å². The standard InChI is InChI=1S/C26H35FN4O7/c1-14(2)22-17(25(31-30-22)38-26-24(36)23(35)21(27)18(13-32)37-26)12-16-8-6-15(7-9-16)4-3-5-20(34)29-11-10-19(28)33/h3-4,6-9,14,18,21,23-24,26,32,35-36H,5,10-13H2,1-2H3,(H2,28,33)(H,29,34)(H,30,31)/b4-3+/t18-,21-,23+,24-,26+/m1/s1. The fraction of sp³-hybridized carbons (Fsp3) is 0.500. The molecule has 2 amide bonds. The molecule has 0 spiro atoms. The number of hydrogen-bond donors (Lipinski definition) is 6. The van der Waals surface area contributed by atoms with Crippen LogP contribution in [0.2, 0.25) is 0 Å². The maximum Gasteiger partial charge on any atom is 0.238 e. The molecule has 11 nitrogen and oxygen atoms in total. The highest BCUT2D eigenvalue weighted by Gasteiger charge is 2.46. The highest BCUT2D eigenvalue weighted by molar-refractivity contribution is 5.79. The van der Waals surface area contributed by atoms with Crippen LogP contribution in [0.4, 0.5) is 4.39 Å².